The Morgan fingerprint density at radius 1 is 0.933 bits per heavy atom. The molecule has 0 aliphatic rings. The second-order valence-corrected chi connectivity index (χ2v) is 6.71. The number of nitrogens with zero attached hydrogens (tertiary/aromatic N) is 4. The van der Waals surface area contributed by atoms with Gasteiger partial charge in [-0.25, -0.2) is 4.98 Å². The van der Waals surface area contributed by atoms with Crippen LogP contribution in [0.2, 0.25) is 0 Å². The Morgan fingerprint density at radius 2 is 1.57 bits per heavy atom. The highest BCUT2D eigenvalue weighted by molar-refractivity contribution is 5.87. The minimum atomic E-state index is -4.50. The van der Waals surface area contributed by atoms with Crippen LogP contribution in [-0.4, -0.2) is 19.1 Å². The molecule has 0 radical (unpaired) electrons. The first-order valence-electron chi connectivity index (χ1n) is 8.76. The molecular weight excluding hydrogens is 391 g/mol. The van der Waals surface area contributed by atoms with Gasteiger partial charge < -0.3 is 10.6 Å². The first-order valence-corrected chi connectivity index (χ1v) is 8.76. The fourth-order valence-electron chi connectivity index (χ4n) is 3.08. The van der Waals surface area contributed by atoms with Gasteiger partial charge in [0.2, 0.25) is 0 Å². The van der Waals surface area contributed by atoms with Crippen LogP contribution in [0.5, 0.6) is 0 Å². The molecular formula is C22H16F3N5. The van der Waals surface area contributed by atoms with E-state index in [1.165, 1.54) is 12.1 Å². The van der Waals surface area contributed by atoms with Crippen LogP contribution in [0.4, 0.5) is 24.7 Å². The highest BCUT2D eigenvalue weighted by atomic mass is 19.4. The van der Waals surface area contributed by atoms with Crippen LogP contribution in [0.3, 0.4) is 0 Å². The Kier molecular flexibility index (Phi) is 5.35. The van der Waals surface area contributed by atoms with Crippen molar-refractivity contribution >= 4 is 11.5 Å². The number of rotatable bonds is 3. The maximum Gasteiger partial charge on any atom is 0.416 e. The van der Waals surface area contributed by atoms with Gasteiger partial charge in [-0.3, -0.25) is 0 Å². The molecule has 8 heteroatoms. The van der Waals surface area contributed by atoms with E-state index in [0.29, 0.717) is 5.56 Å². The molecule has 0 bridgehead atoms. The topological polar surface area (TPSA) is 89.7 Å². The second-order valence-electron chi connectivity index (χ2n) is 6.71. The lowest BCUT2D eigenvalue weighted by atomic mass is 9.92. The molecule has 1 heterocycles. The van der Waals surface area contributed by atoms with E-state index < -0.39 is 11.7 Å². The highest BCUT2D eigenvalue weighted by Gasteiger charge is 2.30. The summed E-state index contributed by atoms with van der Waals surface area (Å²) in [6, 6.07) is 15.4. The van der Waals surface area contributed by atoms with Crippen molar-refractivity contribution in [1.82, 2.24) is 4.98 Å². The maximum atomic E-state index is 12.9. The molecule has 0 aliphatic heterocycles. The number of nitrogen functional groups attached to an aromatic ring is 1. The number of aromatic nitrogens is 1. The summed E-state index contributed by atoms with van der Waals surface area (Å²) in [4.78, 5) is 6.14. The van der Waals surface area contributed by atoms with Gasteiger partial charge in [-0.2, -0.15) is 23.7 Å². The zero-order chi connectivity index (χ0) is 22.1. The number of pyridine rings is 1. The van der Waals surface area contributed by atoms with Gasteiger partial charge in [-0.05, 0) is 29.8 Å². The SMILES string of the molecule is CN(C)c1cccc(-c2nc(N)c(C#N)c(-c3ccc(C(F)(F)F)cc3)c2C#N)c1. The average Bonchev–Trinajstić information content (AvgIpc) is 2.72. The van der Waals surface area contributed by atoms with Crippen LogP contribution in [-0.2, 0) is 6.18 Å². The van der Waals surface area contributed by atoms with Gasteiger partial charge in [0.1, 0.15) is 23.5 Å². The lowest BCUT2D eigenvalue weighted by molar-refractivity contribution is -0.137. The molecule has 0 aliphatic carbocycles. The third-order valence-corrected chi connectivity index (χ3v) is 4.59. The Morgan fingerprint density at radius 3 is 2.10 bits per heavy atom. The number of benzene rings is 2. The van der Waals surface area contributed by atoms with Crippen molar-refractivity contribution in [3.63, 3.8) is 0 Å². The van der Waals surface area contributed by atoms with E-state index in [-0.39, 0.29) is 33.8 Å². The standard InChI is InChI=1S/C22H16F3N5/c1-30(2)16-5-3-4-14(10-16)20-17(11-26)19(18(12-27)21(28)29-20)13-6-8-15(9-7-13)22(23,24)25/h3-10H,1-2H3,(H2,28,29). The normalized spacial score (nSPS) is 10.9. The Bertz CT molecular complexity index is 1180. The number of hydrogen-bond acceptors (Lipinski definition) is 5. The van der Waals surface area contributed by atoms with E-state index in [1.807, 2.05) is 37.2 Å². The number of hydrogen-bond donors (Lipinski definition) is 1. The lowest BCUT2D eigenvalue weighted by Crippen LogP contribution is -2.09. The molecule has 0 spiro atoms. The van der Waals surface area contributed by atoms with Gasteiger partial charge >= 0.3 is 6.18 Å². The molecule has 150 valence electrons. The predicted octanol–water partition coefficient (Wildman–Crippen LogP) is 4.83. The van der Waals surface area contributed by atoms with Crippen molar-refractivity contribution in [3.8, 4) is 34.5 Å². The van der Waals surface area contributed by atoms with Crippen molar-refractivity contribution in [2.75, 3.05) is 24.7 Å². The van der Waals surface area contributed by atoms with E-state index in [4.69, 9.17) is 5.73 Å². The number of anilines is 2. The van der Waals surface area contributed by atoms with Gasteiger partial charge in [0, 0.05) is 30.9 Å². The minimum Gasteiger partial charge on any atom is -0.383 e. The van der Waals surface area contributed by atoms with E-state index in [1.54, 1.807) is 12.1 Å². The molecule has 3 aromatic rings. The molecule has 5 nitrogen and oxygen atoms in total. The Labute approximate surface area is 171 Å². The molecule has 2 aromatic carbocycles. The third kappa shape index (κ3) is 3.76. The smallest absolute Gasteiger partial charge is 0.383 e. The van der Waals surface area contributed by atoms with E-state index in [2.05, 4.69) is 11.1 Å². The zero-order valence-corrected chi connectivity index (χ0v) is 16.1. The van der Waals surface area contributed by atoms with Crippen molar-refractivity contribution < 1.29 is 13.2 Å². The monoisotopic (exact) mass is 407 g/mol. The number of alkyl halides is 3. The van der Waals surface area contributed by atoms with Crippen LogP contribution in [0.1, 0.15) is 16.7 Å². The molecule has 2 N–H and O–H groups in total. The zero-order valence-electron chi connectivity index (χ0n) is 16.1. The first kappa shape index (κ1) is 20.7. The first-order chi connectivity index (χ1) is 14.2. The van der Waals surface area contributed by atoms with E-state index in [0.717, 1.165) is 17.8 Å². The van der Waals surface area contributed by atoms with Gasteiger partial charge in [0.15, 0.2) is 0 Å². The fourth-order valence-corrected chi connectivity index (χ4v) is 3.08. The number of nitrogens with two attached hydrogens (primary N) is 1. The molecule has 0 atom stereocenters. The summed E-state index contributed by atoms with van der Waals surface area (Å²) in [6.07, 6.45) is -4.50. The third-order valence-electron chi connectivity index (χ3n) is 4.59. The minimum absolute atomic E-state index is 0.0566. The van der Waals surface area contributed by atoms with Crippen LogP contribution in [0.15, 0.2) is 48.5 Å². The van der Waals surface area contributed by atoms with E-state index >= 15 is 0 Å². The van der Waals surface area contributed by atoms with Crippen LogP contribution < -0.4 is 10.6 Å². The van der Waals surface area contributed by atoms with Crippen LogP contribution in [0, 0.1) is 22.7 Å². The van der Waals surface area contributed by atoms with Crippen LogP contribution in [0.25, 0.3) is 22.4 Å². The van der Waals surface area contributed by atoms with Gasteiger partial charge in [0.05, 0.1) is 16.8 Å². The fraction of sp³-hybridized carbons (Fsp3) is 0.136. The number of halogens is 3. The van der Waals surface area contributed by atoms with Gasteiger partial charge in [-0.1, -0.05) is 24.3 Å². The summed E-state index contributed by atoms with van der Waals surface area (Å²) >= 11 is 0. The van der Waals surface area contributed by atoms with Crippen LogP contribution >= 0.6 is 0 Å². The lowest BCUT2D eigenvalue weighted by Gasteiger charge is -2.16. The molecule has 0 fully saturated rings. The quantitative estimate of drug-likeness (QED) is 0.672. The molecule has 0 amide bonds. The van der Waals surface area contributed by atoms with Crippen molar-refractivity contribution in [2.45, 2.75) is 6.18 Å². The largest absolute Gasteiger partial charge is 0.416 e. The highest BCUT2D eigenvalue weighted by Crippen LogP contribution is 2.38. The van der Waals surface area contributed by atoms with Crippen molar-refractivity contribution in [3.05, 3.63) is 65.2 Å². The maximum absolute atomic E-state index is 12.9. The Balaban J connectivity index is 2.30. The summed E-state index contributed by atoms with van der Waals surface area (Å²) < 4.78 is 38.8. The summed E-state index contributed by atoms with van der Waals surface area (Å²) in [5.41, 5.74) is 7.32. The van der Waals surface area contributed by atoms with Crippen molar-refractivity contribution in [1.29, 1.82) is 10.5 Å². The predicted molar refractivity (Wildman–Crippen MR) is 108 cm³/mol. The second kappa shape index (κ2) is 7.76. The summed E-state index contributed by atoms with van der Waals surface area (Å²) in [5.74, 6) is -0.100. The summed E-state index contributed by atoms with van der Waals surface area (Å²) in [6.45, 7) is 0. The molecule has 30 heavy (non-hydrogen) atoms. The molecule has 0 unspecified atom stereocenters. The molecule has 0 saturated heterocycles. The van der Waals surface area contributed by atoms with E-state index in [9.17, 15) is 23.7 Å². The summed E-state index contributed by atoms with van der Waals surface area (Å²) in [7, 11) is 3.72. The average molecular weight is 407 g/mol. The van der Waals surface area contributed by atoms with Gasteiger partial charge in [0.25, 0.3) is 0 Å². The molecule has 1 aromatic heterocycles. The molecule has 0 saturated carbocycles. The Hall–Kier alpha value is -4.04. The van der Waals surface area contributed by atoms with Crippen molar-refractivity contribution in [2.24, 2.45) is 0 Å². The van der Waals surface area contributed by atoms with Gasteiger partial charge in [-0.15, -0.1) is 0 Å². The number of nitriles is 2. The summed E-state index contributed by atoms with van der Waals surface area (Å²) in [5, 5.41) is 19.4. The molecule has 3 rings (SSSR count).